The molecule has 2 heterocycles. The molecule has 0 aromatic heterocycles. The van der Waals surface area contributed by atoms with Gasteiger partial charge in [0, 0.05) is 10.0 Å². The fourth-order valence-electron chi connectivity index (χ4n) is 5.34. The van der Waals surface area contributed by atoms with Crippen molar-refractivity contribution in [1.82, 2.24) is 5.32 Å². The first-order valence-electron chi connectivity index (χ1n) is 11.2. The van der Waals surface area contributed by atoms with Gasteiger partial charge in [0.1, 0.15) is 11.8 Å². The zero-order chi connectivity index (χ0) is 25.6. The standard InChI is InChI=1S/C27H22Cl2N2O5/c1-35-20-13-11-19(12-14-20)31-24(32)21-22(25(31)33)27(30-23(21)26(34)36-2,15-3-7-17(28)8-4-15)16-5-9-18(29)10-6-16/h3-14,21-23,30H,1-2H3/t21-,22-,23+/m0/s1. The number of esters is 1. The van der Waals surface area contributed by atoms with Gasteiger partial charge in [-0.3, -0.25) is 19.7 Å². The van der Waals surface area contributed by atoms with Gasteiger partial charge in [0.05, 0.1) is 37.3 Å². The van der Waals surface area contributed by atoms with Crippen LogP contribution >= 0.6 is 23.2 Å². The van der Waals surface area contributed by atoms with Crippen molar-refractivity contribution < 1.29 is 23.9 Å². The minimum Gasteiger partial charge on any atom is -0.497 e. The van der Waals surface area contributed by atoms with Crippen molar-refractivity contribution in [2.45, 2.75) is 11.6 Å². The molecule has 1 N–H and O–H groups in total. The molecule has 0 aliphatic carbocycles. The topological polar surface area (TPSA) is 84.9 Å². The Labute approximate surface area is 217 Å². The summed E-state index contributed by atoms with van der Waals surface area (Å²) in [4.78, 5) is 42.1. The first-order chi connectivity index (χ1) is 17.3. The van der Waals surface area contributed by atoms with Gasteiger partial charge in [0.15, 0.2) is 0 Å². The van der Waals surface area contributed by atoms with Crippen molar-refractivity contribution in [1.29, 1.82) is 0 Å². The van der Waals surface area contributed by atoms with Crippen LogP contribution < -0.4 is 15.0 Å². The van der Waals surface area contributed by atoms with Gasteiger partial charge in [-0.2, -0.15) is 0 Å². The number of carbonyl (C=O) groups excluding carboxylic acids is 3. The number of nitrogens with one attached hydrogen (secondary N) is 1. The molecule has 2 amide bonds. The summed E-state index contributed by atoms with van der Waals surface area (Å²) in [6, 6.07) is 19.5. The van der Waals surface area contributed by atoms with Gasteiger partial charge in [-0.05, 0) is 59.7 Å². The summed E-state index contributed by atoms with van der Waals surface area (Å²) in [5, 5.41) is 4.35. The highest BCUT2D eigenvalue weighted by Crippen LogP contribution is 2.52. The Balaban J connectivity index is 1.73. The lowest BCUT2D eigenvalue weighted by Crippen LogP contribution is -2.51. The van der Waals surface area contributed by atoms with E-state index in [0.717, 1.165) is 4.90 Å². The maximum atomic E-state index is 14.1. The molecule has 3 aromatic rings. The largest absolute Gasteiger partial charge is 0.497 e. The summed E-state index contributed by atoms with van der Waals surface area (Å²) >= 11 is 12.3. The number of methoxy groups -OCH3 is 2. The second-order valence-electron chi connectivity index (χ2n) is 8.68. The van der Waals surface area contributed by atoms with Gasteiger partial charge in [0.2, 0.25) is 11.8 Å². The third-order valence-corrected chi connectivity index (χ3v) is 7.45. The molecule has 7 nitrogen and oxygen atoms in total. The molecule has 2 saturated heterocycles. The van der Waals surface area contributed by atoms with Crippen molar-refractivity contribution in [2.75, 3.05) is 19.1 Å². The minimum absolute atomic E-state index is 0.393. The molecule has 0 radical (unpaired) electrons. The lowest BCUT2D eigenvalue weighted by Gasteiger charge is -2.36. The molecule has 0 saturated carbocycles. The number of hydrogen-bond donors (Lipinski definition) is 1. The second kappa shape index (κ2) is 9.24. The maximum Gasteiger partial charge on any atom is 0.323 e. The molecule has 2 fully saturated rings. The van der Waals surface area contributed by atoms with Crippen molar-refractivity contribution in [3.63, 3.8) is 0 Å². The predicted octanol–water partition coefficient (Wildman–Crippen LogP) is 4.20. The van der Waals surface area contributed by atoms with Gasteiger partial charge < -0.3 is 9.47 Å². The van der Waals surface area contributed by atoms with Crippen LogP contribution in [-0.2, 0) is 24.7 Å². The Hall–Kier alpha value is -3.39. The highest BCUT2D eigenvalue weighted by atomic mass is 35.5. The van der Waals surface area contributed by atoms with Crippen LogP contribution in [0.25, 0.3) is 0 Å². The van der Waals surface area contributed by atoms with Gasteiger partial charge in [-0.25, -0.2) is 4.90 Å². The average Bonchev–Trinajstić information content (AvgIpc) is 3.39. The molecule has 0 bridgehead atoms. The number of halogens is 2. The number of carbonyl (C=O) groups is 3. The molecule has 5 rings (SSSR count). The molecule has 36 heavy (non-hydrogen) atoms. The number of anilines is 1. The Bertz CT molecular complexity index is 1280. The first kappa shape index (κ1) is 24.3. The lowest BCUT2D eigenvalue weighted by atomic mass is 9.72. The van der Waals surface area contributed by atoms with Gasteiger partial charge in [-0.1, -0.05) is 47.5 Å². The van der Waals surface area contributed by atoms with E-state index in [9.17, 15) is 14.4 Å². The smallest absolute Gasteiger partial charge is 0.323 e. The number of hydrogen-bond acceptors (Lipinski definition) is 6. The van der Waals surface area contributed by atoms with E-state index in [1.54, 1.807) is 72.8 Å². The Morgan fingerprint density at radius 1 is 0.833 bits per heavy atom. The molecular weight excluding hydrogens is 503 g/mol. The van der Waals surface area contributed by atoms with Crippen LogP contribution in [0.1, 0.15) is 11.1 Å². The van der Waals surface area contributed by atoms with Crippen LogP contribution in [0.15, 0.2) is 72.8 Å². The lowest BCUT2D eigenvalue weighted by molar-refractivity contribution is -0.145. The molecule has 0 spiro atoms. The Kier molecular flexibility index (Phi) is 6.24. The quantitative estimate of drug-likeness (QED) is 0.397. The van der Waals surface area contributed by atoms with Crippen molar-refractivity contribution in [2.24, 2.45) is 11.8 Å². The molecular formula is C27H22Cl2N2O5. The minimum atomic E-state index is -1.23. The summed E-state index contributed by atoms with van der Waals surface area (Å²) in [5.41, 5.74) is 0.513. The van der Waals surface area contributed by atoms with Crippen LogP contribution in [0.5, 0.6) is 5.75 Å². The first-order valence-corrected chi connectivity index (χ1v) is 12.0. The number of benzene rings is 3. The fraction of sp³-hybridized carbons (Fsp3) is 0.222. The van der Waals surface area contributed by atoms with E-state index in [2.05, 4.69) is 5.32 Å². The number of imide groups is 1. The zero-order valence-corrected chi connectivity index (χ0v) is 20.9. The average molecular weight is 525 g/mol. The highest BCUT2D eigenvalue weighted by molar-refractivity contribution is 6.31. The number of ether oxygens (including phenoxy) is 2. The van der Waals surface area contributed by atoms with E-state index >= 15 is 0 Å². The number of nitrogens with zero attached hydrogens (tertiary/aromatic N) is 1. The summed E-state index contributed by atoms with van der Waals surface area (Å²) in [6.45, 7) is 0. The Morgan fingerprint density at radius 3 is 1.83 bits per heavy atom. The predicted molar refractivity (Wildman–Crippen MR) is 135 cm³/mol. The normalized spacial score (nSPS) is 22.4. The molecule has 2 aliphatic rings. The third-order valence-electron chi connectivity index (χ3n) is 6.94. The second-order valence-corrected chi connectivity index (χ2v) is 9.55. The molecule has 0 unspecified atom stereocenters. The van der Waals surface area contributed by atoms with E-state index in [0.29, 0.717) is 32.6 Å². The van der Waals surface area contributed by atoms with Crippen molar-refractivity contribution in [3.8, 4) is 5.75 Å². The van der Waals surface area contributed by atoms with E-state index in [1.165, 1.54) is 14.2 Å². The number of amides is 2. The van der Waals surface area contributed by atoms with Crippen molar-refractivity contribution in [3.05, 3.63) is 94.0 Å². The van der Waals surface area contributed by atoms with Gasteiger partial charge >= 0.3 is 5.97 Å². The monoisotopic (exact) mass is 524 g/mol. The highest BCUT2D eigenvalue weighted by Gasteiger charge is 2.68. The molecule has 3 aromatic carbocycles. The van der Waals surface area contributed by atoms with E-state index < -0.39 is 41.2 Å². The van der Waals surface area contributed by atoms with Gasteiger partial charge in [0.25, 0.3) is 0 Å². The van der Waals surface area contributed by atoms with Crippen LogP contribution in [0.4, 0.5) is 5.69 Å². The maximum absolute atomic E-state index is 14.1. The summed E-state index contributed by atoms with van der Waals surface area (Å²) in [5.74, 6) is -2.91. The zero-order valence-electron chi connectivity index (χ0n) is 19.4. The van der Waals surface area contributed by atoms with Crippen LogP contribution in [-0.4, -0.2) is 38.0 Å². The number of fused-ring (bicyclic) bond motifs is 1. The molecule has 184 valence electrons. The van der Waals surface area contributed by atoms with Crippen molar-refractivity contribution >= 4 is 46.7 Å². The Morgan fingerprint density at radius 2 is 1.36 bits per heavy atom. The van der Waals surface area contributed by atoms with E-state index in [4.69, 9.17) is 32.7 Å². The summed E-state index contributed by atoms with van der Waals surface area (Å²) in [6.07, 6.45) is 0. The van der Waals surface area contributed by atoms with E-state index in [1.807, 2.05) is 0 Å². The van der Waals surface area contributed by atoms with Crippen LogP contribution in [0.2, 0.25) is 10.0 Å². The SMILES string of the molecule is COC(=O)[C@@H]1NC(c2ccc(Cl)cc2)(c2ccc(Cl)cc2)[C@@H]2C(=O)N(c3ccc(OC)cc3)C(=O)[C@@H]21. The molecule has 3 atom stereocenters. The number of rotatable bonds is 5. The van der Waals surface area contributed by atoms with Crippen LogP contribution in [0.3, 0.4) is 0 Å². The van der Waals surface area contributed by atoms with Gasteiger partial charge in [-0.15, -0.1) is 0 Å². The fourth-order valence-corrected chi connectivity index (χ4v) is 5.60. The third kappa shape index (κ3) is 3.66. The summed E-state index contributed by atoms with van der Waals surface area (Å²) < 4.78 is 10.3. The summed E-state index contributed by atoms with van der Waals surface area (Å²) in [7, 11) is 2.79. The molecule has 9 heteroatoms. The molecule has 2 aliphatic heterocycles. The van der Waals surface area contributed by atoms with E-state index in [-0.39, 0.29) is 0 Å². The van der Waals surface area contributed by atoms with Crippen LogP contribution in [0, 0.1) is 11.8 Å².